The van der Waals surface area contributed by atoms with Crippen molar-refractivity contribution in [2.75, 3.05) is 16.8 Å². The summed E-state index contributed by atoms with van der Waals surface area (Å²) in [7, 11) is 2.06. The number of fused-ring (bicyclic) bond motifs is 13. The van der Waals surface area contributed by atoms with Crippen molar-refractivity contribution < 1.29 is 25.8 Å². The molecule has 0 atom stereocenters. The Morgan fingerprint density at radius 1 is 0.398 bits per heavy atom. The van der Waals surface area contributed by atoms with Crippen LogP contribution in [0.4, 0.5) is 17.1 Å². The average Bonchev–Trinajstić information content (AvgIpc) is 3.97. The summed E-state index contributed by atoms with van der Waals surface area (Å²) in [6.45, 7) is 4.31. The Labute approximate surface area is 492 Å². The van der Waals surface area contributed by atoms with Gasteiger partial charge >= 0.3 is 0 Å². The molecule has 8 nitrogen and oxygen atoms in total. The van der Waals surface area contributed by atoms with Crippen LogP contribution in [0.5, 0.6) is 11.5 Å². The molecule has 83 heavy (non-hydrogen) atoms. The van der Waals surface area contributed by atoms with E-state index in [1.165, 1.54) is 32.3 Å². The molecule has 6 heterocycles. The van der Waals surface area contributed by atoms with E-state index < -0.39 is 0 Å². The Hall–Kier alpha value is -10.1. The standard InChI is InChI=1S/C74H48N7O.Pt/c1-47-41-73(75-45-60(47)74-70(79-63-29-11-5-23-54(63)55-24-6-12-30-64(55)79)35-18-36-71(74)80-65-31-13-7-25-56(65)57-26-8-14-32-66(57)80)81-67-40-37-49(78-61-27-9-3-21-52(61)53-22-4-10-28-62(53)78)43-59(67)58-39-38-51(44-72(58)81)82-50-20-17-19-48(42-50)77-46-76(2)68-33-15-16-34-69(68)77;/h3-41,43,45-46H,1-2H3;/q-3;. The van der Waals surface area contributed by atoms with Crippen LogP contribution in [0.2, 0.25) is 0 Å². The van der Waals surface area contributed by atoms with Gasteiger partial charge in [0.2, 0.25) is 0 Å². The van der Waals surface area contributed by atoms with E-state index in [0.717, 1.165) is 112 Å². The molecule has 1 aliphatic heterocycles. The van der Waals surface area contributed by atoms with Crippen LogP contribution in [0.3, 0.4) is 0 Å². The van der Waals surface area contributed by atoms with Crippen LogP contribution in [-0.4, -0.2) is 30.3 Å². The van der Waals surface area contributed by atoms with Crippen molar-refractivity contribution in [3.05, 3.63) is 273 Å². The zero-order valence-corrected chi connectivity index (χ0v) is 47.4. The number of aromatic nitrogens is 5. The van der Waals surface area contributed by atoms with E-state index in [9.17, 15) is 0 Å². The van der Waals surface area contributed by atoms with Gasteiger partial charge in [0.25, 0.3) is 0 Å². The van der Waals surface area contributed by atoms with Crippen LogP contribution < -0.4 is 14.5 Å². The Morgan fingerprint density at radius 2 is 0.867 bits per heavy atom. The van der Waals surface area contributed by atoms with E-state index >= 15 is 0 Å². The van der Waals surface area contributed by atoms with Gasteiger partial charge in [-0.3, -0.25) is 0 Å². The third kappa shape index (κ3) is 7.39. The number of aryl methyl sites for hydroxylation is 1. The minimum Gasteiger partial charge on any atom is -0.509 e. The first-order valence-corrected chi connectivity index (χ1v) is 27.8. The van der Waals surface area contributed by atoms with Crippen LogP contribution in [0.15, 0.2) is 249 Å². The predicted octanol–water partition coefficient (Wildman–Crippen LogP) is 18.5. The van der Waals surface area contributed by atoms with Gasteiger partial charge in [-0.05, 0) is 110 Å². The molecule has 0 N–H and O–H groups in total. The number of hydrogen-bond donors (Lipinski definition) is 0. The van der Waals surface area contributed by atoms with Gasteiger partial charge in [0.1, 0.15) is 5.82 Å². The van der Waals surface area contributed by atoms with E-state index in [1.807, 2.05) is 18.2 Å². The zero-order chi connectivity index (χ0) is 54.2. The van der Waals surface area contributed by atoms with Gasteiger partial charge in [-0.2, -0.15) is 18.8 Å². The van der Waals surface area contributed by atoms with Gasteiger partial charge in [-0.1, -0.05) is 133 Å². The summed E-state index contributed by atoms with van der Waals surface area (Å²) in [6, 6.07) is 94.1. The van der Waals surface area contributed by atoms with E-state index in [1.54, 1.807) is 0 Å². The molecular weight excluding hydrogens is 1200 g/mol. The number of ether oxygens (including phenoxy) is 1. The third-order valence-corrected chi connectivity index (χ3v) is 16.8. The largest absolute Gasteiger partial charge is 0.509 e. The number of para-hydroxylation sites is 8. The Balaban J connectivity index is 0.00000565. The number of benzene rings is 11. The monoisotopic (exact) mass is 1250 g/mol. The van der Waals surface area contributed by atoms with E-state index in [4.69, 9.17) is 9.72 Å². The predicted molar refractivity (Wildman–Crippen MR) is 337 cm³/mol. The molecule has 0 spiro atoms. The average molecular weight is 1250 g/mol. The molecule has 0 radical (unpaired) electrons. The molecule has 0 fully saturated rings. The molecule has 17 rings (SSSR count). The molecule has 0 amide bonds. The Kier molecular flexibility index (Phi) is 11.1. The summed E-state index contributed by atoms with van der Waals surface area (Å²) in [5.74, 6) is 1.93. The quantitative estimate of drug-likeness (QED) is 0.142. The van der Waals surface area contributed by atoms with Crippen molar-refractivity contribution in [2.45, 2.75) is 6.92 Å². The number of pyridine rings is 1. The second-order valence-electron chi connectivity index (χ2n) is 21.3. The number of hydrogen-bond acceptors (Lipinski definition) is 4. The summed E-state index contributed by atoms with van der Waals surface area (Å²) in [6.07, 6.45) is 2.09. The fraction of sp³-hybridized carbons (Fsp3) is 0.0270. The van der Waals surface area contributed by atoms with Gasteiger partial charge in [-0.25, -0.2) is 4.98 Å². The molecule has 0 saturated heterocycles. The van der Waals surface area contributed by atoms with Gasteiger partial charge in [0.15, 0.2) is 0 Å². The molecular formula is C74H48N7OPt-3. The van der Waals surface area contributed by atoms with Gasteiger partial charge < -0.3 is 32.8 Å². The molecule has 0 bridgehead atoms. The van der Waals surface area contributed by atoms with Crippen molar-refractivity contribution in [1.82, 2.24) is 23.3 Å². The minimum absolute atomic E-state index is 0. The molecule has 0 aliphatic carbocycles. The van der Waals surface area contributed by atoms with Crippen molar-refractivity contribution in [3.63, 3.8) is 0 Å². The maximum absolute atomic E-state index is 6.78. The summed E-state index contributed by atoms with van der Waals surface area (Å²) >= 11 is 0. The fourth-order valence-electron chi connectivity index (χ4n) is 13.2. The molecule has 1 aliphatic rings. The fourth-order valence-corrected chi connectivity index (χ4v) is 13.2. The molecule has 0 unspecified atom stereocenters. The van der Waals surface area contributed by atoms with Crippen molar-refractivity contribution in [1.29, 1.82) is 0 Å². The van der Waals surface area contributed by atoms with Crippen molar-refractivity contribution in [2.24, 2.45) is 0 Å². The second kappa shape index (κ2) is 19.0. The van der Waals surface area contributed by atoms with Gasteiger partial charge in [-0.15, -0.1) is 41.4 Å². The second-order valence-corrected chi connectivity index (χ2v) is 21.3. The number of rotatable bonds is 8. The maximum atomic E-state index is 6.78. The number of anilines is 3. The molecule has 9 heteroatoms. The van der Waals surface area contributed by atoms with Crippen LogP contribution >= 0.6 is 0 Å². The van der Waals surface area contributed by atoms with Crippen molar-refractivity contribution in [3.8, 4) is 45.5 Å². The van der Waals surface area contributed by atoms with Crippen LogP contribution in [0, 0.1) is 25.7 Å². The summed E-state index contributed by atoms with van der Waals surface area (Å²) in [5.41, 5.74) is 18.2. The van der Waals surface area contributed by atoms with Crippen LogP contribution in [-0.2, 0) is 21.1 Å². The smallest absolute Gasteiger partial charge is 0.135 e. The van der Waals surface area contributed by atoms with Gasteiger partial charge in [0, 0.05) is 105 Å². The van der Waals surface area contributed by atoms with E-state index in [-0.39, 0.29) is 21.1 Å². The number of nitrogens with zero attached hydrogens (tertiary/aromatic N) is 7. The molecule has 11 aromatic carbocycles. The Bertz CT molecular complexity index is 5020. The summed E-state index contributed by atoms with van der Waals surface area (Å²) < 4.78 is 16.3. The normalized spacial score (nSPS) is 12.5. The molecule has 16 aromatic rings. The van der Waals surface area contributed by atoms with Crippen LogP contribution in [0.25, 0.3) is 121 Å². The van der Waals surface area contributed by atoms with Gasteiger partial charge in [0.05, 0.1) is 44.5 Å². The zero-order valence-electron chi connectivity index (χ0n) is 45.1. The van der Waals surface area contributed by atoms with E-state index in [0.29, 0.717) is 11.5 Å². The SMILES string of the molecule is Cc1cc(-n2c3[c-]c(Oc4[c-]c(N5[CH-]N(C)c6ccccc65)ccc4)ccc3c3cc(-n4c5ccccc5c5ccccc54)ccc32)ncc1-c1c(-n2c3ccccc3c3ccccc32)cccc1-n1c2ccccc2c2ccccc21.[Pt]. The molecule has 0 saturated carbocycles. The van der Waals surface area contributed by atoms with Crippen molar-refractivity contribution >= 4 is 104 Å². The maximum Gasteiger partial charge on any atom is 0.135 e. The van der Waals surface area contributed by atoms with Crippen LogP contribution in [0.1, 0.15) is 5.56 Å². The third-order valence-electron chi connectivity index (χ3n) is 16.8. The summed E-state index contributed by atoms with van der Waals surface area (Å²) in [5, 5.41) is 9.37. The Morgan fingerprint density at radius 3 is 1.42 bits per heavy atom. The van der Waals surface area contributed by atoms with E-state index in [2.05, 4.69) is 291 Å². The molecule has 398 valence electrons. The first-order valence-electron chi connectivity index (χ1n) is 27.8. The first kappa shape index (κ1) is 48.7. The molecule has 5 aromatic heterocycles. The topological polar surface area (TPSA) is 48.3 Å². The first-order chi connectivity index (χ1) is 40.5. The minimum atomic E-state index is 0. The summed E-state index contributed by atoms with van der Waals surface area (Å²) in [4.78, 5) is 9.83.